The first-order chi connectivity index (χ1) is 9.58. The summed E-state index contributed by atoms with van der Waals surface area (Å²) in [5.41, 5.74) is -0.101. The van der Waals surface area contributed by atoms with Crippen molar-refractivity contribution in [1.82, 2.24) is 10.3 Å². The molecule has 1 aromatic rings. The molecule has 2 atom stereocenters. The lowest BCUT2D eigenvalue weighted by Gasteiger charge is -2.22. The molecular formula is C14H18N2O4. The van der Waals surface area contributed by atoms with Gasteiger partial charge < -0.3 is 15.4 Å². The van der Waals surface area contributed by atoms with Crippen molar-refractivity contribution in [2.24, 2.45) is 5.92 Å². The Balaban J connectivity index is 2.11. The molecule has 1 amide bonds. The van der Waals surface area contributed by atoms with E-state index in [1.165, 1.54) is 18.3 Å². The number of carbonyl (C=O) groups is 2. The van der Waals surface area contributed by atoms with E-state index in [4.69, 9.17) is 0 Å². The highest BCUT2D eigenvalue weighted by atomic mass is 16.4. The fraction of sp³-hybridized carbons (Fsp3) is 0.500. The highest BCUT2D eigenvalue weighted by Gasteiger charge is 2.30. The Morgan fingerprint density at radius 3 is 2.70 bits per heavy atom. The summed E-state index contributed by atoms with van der Waals surface area (Å²) < 4.78 is 0. The molecule has 0 unspecified atom stereocenters. The summed E-state index contributed by atoms with van der Waals surface area (Å²) in [4.78, 5) is 37.0. The van der Waals surface area contributed by atoms with Gasteiger partial charge in [0.1, 0.15) is 0 Å². The molecule has 3 N–H and O–H groups in total. The largest absolute Gasteiger partial charge is 0.481 e. The minimum Gasteiger partial charge on any atom is -0.481 e. The van der Waals surface area contributed by atoms with Crippen molar-refractivity contribution < 1.29 is 14.7 Å². The molecule has 2 rings (SSSR count). The van der Waals surface area contributed by atoms with Crippen molar-refractivity contribution in [2.75, 3.05) is 0 Å². The van der Waals surface area contributed by atoms with Crippen LogP contribution in [-0.2, 0) is 4.79 Å². The van der Waals surface area contributed by atoms with Crippen LogP contribution in [0.3, 0.4) is 0 Å². The third-order valence-electron chi connectivity index (χ3n) is 3.69. The number of pyridine rings is 1. The summed E-state index contributed by atoms with van der Waals surface area (Å²) in [6.07, 6.45) is 5.40. The Bertz CT molecular complexity index is 552. The number of carboxylic acids is 1. The Labute approximate surface area is 116 Å². The summed E-state index contributed by atoms with van der Waals surface area (Å²) in [7, 11) is 0. The van der Waals surface area contributed by atoms with Gasteiger partial charge in [0, 0.05) is 23.9 Å². The number of aliphatic carboxylic acids is 1. The summed E-state index contributed by atoms with van der Waals surface area (Å²) >= 11 is 0. The summed E-state index contributed by atoms with van der Waals surface area (Å²) in [5, 5.41) is 12.0. The molecule has 1 saturated carbocycles. The number of hydrogen-bond acceptors (Lipinski definition) is 3. The van der Waals surface area contributed by atoms with E-state index in [0.29, 0.717) is 12.8 Å². The molecule has 0 radical (unpaired) electrons. The van der Waals surface area contributed by atoms with Crippen LogP contribution >= 0.6 is 0 Å². The number of aromatic nitrogens is 1. The average molecular weight is 278 g/mol. The van der Waals surface area contributed by atoms with E-state index in [2.05, 4.69) is 10.3 Å². The van der Waals surface area contributed by atoms with Gasteiger partial charge in [-0.3, -0.25) is 14.4 Å². The first kappa shape index (κ1) is 14.3. The van der Waals surface area contributed by atoms with Crippen LogP contribution in [0.15, 0.2) is 23.1 Å². The molecule has 0 bridgehead atoms. The van der Waals surface area contributed by atoms with Crippen LogP contribution in [-0.4, -0.2) is 28.0 Å². The van der Waals surface area contributed by atoms with E-state index in [-0.39, 0.29) is 17.2 Å². The minimum atomic E-state index is -0.872. The molecular weight excluding hydrogens is 260 g/mol. The number of hydrogen-bond donors (Lipinski definition) is 3. The van der Waals surface area contributed by atoms with Crippen molar-refractivity contribution >= 4 is 11.9 Å². The Hall–Kier alpha value is -2.11. The highest BCUT2D eigenvalue weighted by molar-refractivity contribution is 5.94. The van der Waals surface area contributed by atoms with Crippen LogP contribution < -0.4 is 10.9 Å². The van der Waals surface area contributed by atoms with Crippen LogP contribution in [0.25, 0.3) is 0 Å². The molecule has 0 spiro atoms. The zero-order chi connectivity index (χ0) is 14.5. The molecule has 6 heteroatoms. The molecule has 6 nitrogen and oxygen atoms in total. The van der Waals surface area contributed by atoms with Gasteiger partial charge in [-0.15, -0.1) is 0 Å². The number of rotatable bonds is 3. The fourth-order valence-electron chi connectivity index (χ4n) is 2.61. The predicted molar refractivity (Wildman–Crippen MR) is 72.5 cm³/mol. The van der Waals surface area contributed by atoms with Gasteiger partial charge in [-0.2, -0.15) is 0 Å². The second-order valence-electron chi connectivity index (χ2n) is 5.10. The van der Waals surface area contributed by atoms with E-state index >= 15 is 0 Å². The van der Waals surface area contributed by atoms with Crippen LogP contribution in [0, 0.1) is 5.92 Å². The first-order valence-corrected chi connectivity index (χ1v) is 6.80. The number of carboxylic acid groups (broad SMARTS) is 1. The molecule has 20 heavy (non-hydrogen) atoms. The zero-order valence-corrected chi connectivity index (χ0v) is 11.1. The van der Waals surface area contributed by atoms with Gasteiger partial charge >= 0.3 is 5.97 Å². The smallest absolute Gasteiger partial charge is 0.308 e. The van der Waals surface area contributed by atoms with E-state index < -0.39 is 17.8 Å². The standard InChI is InChI=1S/C14H18N2O4/c17-12-8-9(6-7-15-12)13(18)16-11-5-3-1-2-4-10(11)14(19)20/h6-8,10-11H,1-5H2,(H,15,17)(H,16,18)(H,19,20)/t10-,11+/m1/s1. The maximum atomic E-state index is 12.1. The van der Waals surface area contributed by atoms with Crippen LogP contribution in [0.2, 0.25) is 0 Å². The summed E-state index contributed by atoms with van der Waals surface area (Å²) in [5.74, 6) is -1.82. The van der Waals surface area contributed by atoms with Gasteiger partial charge in [-0.25, -0.2) is 0 Å². The van der Waals surface area contributed by atoms with Crippen molar-refractivity contribution in [3.63, 3.8) is 0 Å². The van der Waals surface area contributed by atoms with Gasteiger partial charge in [-0.1, -0.05) is 19.3 Å². The molecule has 1 heterocycles. The second-order valence-corrected chi connectivity index (χ2v) is 5.10. The number of aromatic amines is 1. The number of nitrogens with one attached hydrogen (secondary N) is 2. The Morgan fingerprint density at radius 2 is 2.00 bits per heavy atom. The molecule has 0 aliphatic heterocycles. The third kappa shape index (κ3) is 3.46. The van der Waals surface area contributed by atoms with Crippen molar-refractivity contribution in [1.29, 1.82) is 0 Å². The van der Waals surface area contributed by atoms with Crippen LogP contribution in [0.4, 0.5) is 0 Å². The molecule has 0 saturated heterocycles. The average Bonchev–Trinajstić information content (AvgIpc) is 2.64. The Kier molecular flexibility index (Phi) is 4.55. The third-order valence-corrected chi connectivity index (χ3v) is 3.69. The lowest BCUT2D eigenvalue weighted by molar-refractivity contribution is -0.142. The Morgan fingerprint density at radius 1 is 1.25 bits per heavy atom. The molecule has 0 aromatic carbocycles. The lowest BCUT2D eigenvalue weighted by atomic mass is 9.94. The van der Waals surface area contributed by atoms with Gasteiger partial charge in [-0.05, 0) is 18.9 Å². The zero-order valence-electron chi connectivity index (χ0n) is 11.1. The highest BCUT2D eigenvalue weighted by Crippen LogP contribution is 2.24. The molecule has 1 aromatic heterocycles. The van der Waals surface area contributed by atoms with Crippen LogP contribution in [0.1, 0.15) is 42.5 Å². The van der Waals surface area contributed by atoms with Gasteiger partial charge in [0.15, 0.2) is 0 Å². The van der Waals surface area contributed by atoms with Crippen molar-refractivity contribution in [3.05, 3.63) is 34.2 Å². The monoisotopic (exact) mass is 278 g/mol. The van der Waals surface area contributed by atoms with E-state index in [1.807, 2.05) is 0 Å². The van der Waals surface area contributed by atoms with Crippen molar-refractivity contribution in [3.8, 4) is 0 Å². The lowest BCUT2D eigenvalue weighted by Crippen LogP contribution is -2.43. The topological polar surface area (TPSA) is 99.3 Å². The molecule has 1 aliphatic carbocycles. The van der Waals surface area contributed by atoms with Gasteiger partial charge in [0.25, 0.3) is 5.91 Å². The van der Waals surface area contributed by atoms with Crippen molar-refractivity contribution in [2.45, 2.75) is 38.1 Å². The number of amides is 1. The van der Waals surface area contributed by atoms with E-state index in [9.17, 15) is 19.5 Å². The summed E-state index contributed by atoms with van der Waals surface area (Å²) in [6, 6.07) is 2.34. The predicted octanol–water partition coefficient (Wildman–Crippen LogP) is 1.14. The SMILES string of the molecule is O=C(N[C@H]1CCCCC[C@H]1C(=O)O)c1cc[nH]c(=O)c1. The fourth-order valence-corrected chi connectivity index (χ4v) is 2.61. The number of carbonyl (C=O) groups excluding carboxylic acids is 1. The second kappa shape index (κ2) is 6.36. The number of H-pyrrole nitrogens is 1. The first-order valence-electron chi connectivity index (χ1n) is 6.80. The quantitative estimate of drug-likeness (QED) is 0.722. The maximum absolute atomic E-state index is 12.1. The van der Waals surface area contributed by atoms with Gasteiger partial charge in [0.05, 0.1) is 5.92 Å². The van der Waals surface area contributed by atoms with E-state index in [1.54, 1.807) is 0 Å². The van der Waals surface area contributed by atoms with E-state index in [0.717, 1.165) is 19.3 Å². The minimum absolute atomic E-state index is 0.252. The normalized spacial score (nSPS) is 22.8. The molecule has 108 valence electrons. The van der Waals surface area contributed by atoms with Crippen LogP contribution in [0.5, 0.6) is 0 Å². The van der Waals surface area contributed by atoms with Gasteiger partial charge in [0.2, 0.25) is 5.56 Å². The molecule has 1 aliphatic rings. The molecule has 1 fully saturated rings. The summed E-state index contributed by atoms with van der Waals surface area (Å²) in [6.45, 7) is 0. The maximum Gasteiger partial charge on any atom is 0.308 e.